The molecule has 2 atom stereocenters. The maximum absolute atomic E-state index is 12.5. The minimum Gasteiger partial charge on any atom is -0.485 e. The lowest BCUT2D eigenvalue weighted by Gasteiger charge is -2.19. The summed E-state index contributed by atoms with van der Waals surface area (Å²) in [6.07, 6.45) is 3.26. The zero-order chi connectivity index (χ0) is 20.5. The maximum Gasteiger partial charge on any atom is 0.305 e. The molecule has 2 aliphatic rings. The first-order valence-corrected chi connectivity index (χ1v) is 9.91. The van der Waals surface area contributed by atoms with Crippen LogP contribution in [0.1, 0.15) is 53.1 Å². The van der Waals surface area contributed by atoms with Crippen molar-refractivity contribution >= 4 is 17.7 Å². The molecule has 4 rings (SSSR count). The molecule has 1 saturated heterocycles. The Morgan fingerprint density at radius 3 is 2.48 bits per heavy atom. The SMILES string of the molecule is Cc1ccc(C)c(OCc2ccc(C(=O)NN3C(=O)[C@@H]4CCCC[C@H]4C3=O)o2)c1. The number of hydrogen-bond acceptors (Lipinski definition) is 5. The molecule has 7 heteroatoms. The molecular weight excluding hydrogens is 372 g/mol. The van der Waals surface area contributed by atoms with Crippen molar-refractivity contribution in [2.75, 3.05) is 0 Å². The van der Waals surface area contributed by atoms with Gasteiger partial charge < -0.3 is 9.15 Å². The molecular formula is C22H24N2O5. The van der Waals surface area contributed by atoms with E-state index in [9.17, 15) is 14.4 Å². The van der Waals surface area contributed by atoms with Crippen LogP contribution in [0.15, 0.2) is 34.7 Å². The van der Waals surface area contributed by atoms with Crippen LogP contribution >= 0.6 is 0 Å². The molecule has 1 saturated carbocycles. The summed E-state index contributed by atoms with van der Waals surface area (Å²) in [5.74, 6) is -0.629. The summed E-state index contributed by atoms with van der Waals surface area (Å²) in [5, 5.41) is 0.873. The minimum absolute atomic E-state index is 0.0278. The van der Waals surface area contributed by atoms with E-state index in [1.807, 2.05) is 32.0 Å². The fourth-order valence-corrected chi connectivity index (χ4v) is 4.02. The normalized spacial score (nSPS) is 21.2. The third-order valence-electron chi connectivity index (χ3n) is 5.65. The number of fused-ring (bicyclic) bond motifs is 1. The van der Waals surface area contributed by atoms with Crippen LogP contribution in [0.25, 0.3) is 0 Å². The van der Waals surface area contributed by atoms with Crippen molar-refractivity contribution < 1.29 is 23.5 Å². The highest BCUT2D eigenvalue weighted by atomic mass is 16.5. The van der Waals surface area contributed by atoms with E-state index in [1.54, 1.807) is 6.07 Å². The van der Waals surface area contributed by atoms with Crippen molar-refractivity contribution in [3.05, 3.63) is 53.0 Å². The molecule has 2 heterocycles. The molecule has 2 fully saturated rings. The number of hydrazine groups is 1. The largest absolute Gasteiger partial charge is 0.485 e. The topological polar surface area (TPSA) is 88.9 Å². The van der Waals surface area contributed by atoms with E-state index in [4.69, 9.17) is 9.15 Å². The van der Waals surface area contributed by atoms with Crippen LogP contribution < -0.4 is 10.2 Å². The van der Waals surface area contributed by atoms with Gasteiger partial charge in [0.1, 0.15) is 18.1 Å². The number of furan rings is 1. The van der Waals surface area contributed by atoms with Crippen LogP contribution in [0.4, 0.5) is 0 Å². The van der Waals surface area contributed by atoms with Crippen molar-refractivity contribution in [3.8, 4) is 5.75 Å². The summed E-state index contributed by atoms with van der Waals surface area (Å²) in [4.78, 5) is 37.5. The van der Waals surface area contributed by atoms with Crippen LogP contribution in [-0.2, 0) is 16.2 Å². The minimum atomic E-state index is -0.622. The summed E-state index contributed by atoms with van der Waals surface area (Å²) >= 11 is 0. The van der Waals surface area contributed by atoms with Crippen molar-refractivity contribution in [2.45, 2.75) is 46.1 Å². The van der Waals surface area contributed by atoms with Crippen molar-refractivity contribution in [1.29, 1.82) is 0 Å². The summed E-state index contributed by atoms with van der Waals surface area (Å²) < 4.78 is 11.3. The molecule has 3 amide bonds. The van der Waals surface area contributed by atoms with Crippen LogP contribution in [0, 0.1) is 25.7 Å². The molecule has 2 aromatic rings. The number of nitrogens with one attached hydrogen (secondary N) is 1. The number of aryl methyl sites for hydroxylation is 2. The molecule has 7 nitrogen and oxygen atoms in total. The molecule has 1 N–H and O–H groups in total. The lowest BCUT2D eigenvalue weighted by atomic mass is 9.81. The van der Waals surface area contributed by atoms with Crippen molar-refractivity contribution in [3.63, 3.8) is 0 Å². The van der Waals surface area contributed by atoms with Gasteiger partial charge in [0.05, 0.1) is 11.8 Å². The van der Waals surface area contributed by atoms with Gasteiger partial charge in [0, 0.05) is 0 Å². The highest BCUT2D eigenvalue weighted by Crippen LogP contribution is 2.37. The number of amides is 3. The van der Waals surface area contributed by atoms with E-state index < -0.39 is 5.91 Å². The van der Waals surface area contributed by atoms with Crippen LogP contribution in [0.5, 0.6) is 5.75 Å². The third-order valence-corrected chi connectivity index (χ3v) is 5.65. The van der Waals surface area contributed by atoms with Crippen LogP contribution in [0.3, 0.4) is 0 Å². The number of carbonyl (C=O) groups excluding carboxylic acids is 3. The summed E-state index contributed by atoms with van der Waals surface area (Å²) in [6, 6.07) is 9.08. The summed E-state index contributed by atoms with van der Waals surface area (Å²) in [6.45, 7) is 4.11. The lowest BCUT2D eigenvalue weighted by Crippen LogP contribution is -2.46. The smallest absolute Gasteiger partial charge is 0.305 e. The Labute approximate surface area is 169 Å². The highest BCUT2D eigenvalue weighted by molar-refractivity contribution is 6.07. The van der Waals surface area contributed by atoms with Crippen LogP contribution in [0.2, 0.25) is 0 Å². The second-order valence-electron chi connectivity index (χ2n) is 7.77. The first-order valence-electron chi connectivity index (χ1n) is 9.91. The van der Waals surface area contributed by atoms with E-state index in [2.05, 4.69) is 5.43 Å². The van der Waals surface area contributed by atoms with Gasteiger partial charge in [-0.2, -0.15) is 5.01 Å². The Hall–Kier alpha value is -3.09. The molecule has 1 aliphatic carbocycles. The van der Waals surface area contributed by atoms with Crippen LogP contribution in [-0.4, -0.2) is 22.7 Å². The molecule has 1 aromatic carbocycles. The molecule has 0 bridgehead atoms. The quantitative estimate of drug-likeness (QED) is 0.784. The predicted molar refractivity (Wildman–Crippen MR) is 104 cm³/mol. The van der Waals surface area contributed by atoms with Gasteiger partial charge in [0.15, 0.2) is 5.76 Å². The zero-order valence-corrected chi connectivity index (χ0v) is 16.6. The molecule has 0 unspecified atom stereocenters. The third kappa shape index (κ3) is 3.77. The summed E-state index contributed by atoms with van der Waals surface area (Å²) in [7, 11) is 0. The van der Waals surface area contributed by atoms with E-state index in [0.717, 1.165) is 34.7 Å². The summed E-state index contributed by atoms with van der Waals surface area (Å²) in [5.41, 5.74) is 4.51. The number of nitrogens with zero attached hydrogens (tertiary/aromatic N) is 1. The average Bonchev–Trinajstić information content (AvgIpc) is 3.28. The van der Waals surface area contributed by atoms with Gasteiger partial charge in [-0.15, -0.1) is 0 Å². The van der Waals surface area contributed by atoms with E-state index in [0.29, 0.717) is 18.6 Å². The zero-order valence-electron chi connectivity index (χ0n) is 16.6. The Bertz CT molecular complexity index is 940. The number of carbonyl (C=O) groups is 3. The predicted octanol–water partition coefficient (Wildman–Crippen LogP) is 3.30. The van der Waals surface area contributed by atoms with E-state index in [-0.39, 0.29) is 36.0 Å². The molecule has 1 aliphatic heterocycles. The molecule has 0 radical (unpaired) electrons. The second kappa shape index (κ2) is 7.73. The molecule has 0 spiro atoms. The van der Waals surface area contributed by atoms with Gasteiger partial charge in [-0.05, 0) is 56.0 Å². The number of ether oxygens (including phenoxy) is 1. The fraction of sp³-hybridized carbons (Fsp3) is 0.409. The Balaban J connectivity index is 1.39. The van der Waals surface area contributed by atoms with Gasteiger partial charge >= 0.3 is 5.91 Å². The number of rotatable bonds is 5. The Morgan fingerprint density at radius 1 is 1.10 bits per heavy atom. The molecule has 29 heavy (non-hydrogen) atoms. The molecule has 152 valence electrons. The first kappa shape index (κ1) is 19.2. The van der Waals surface area contributed by atoms with Gasteiger partial charge in [-0.3, -0.25) is 19.8 Å². The van der Waals surface area contributed by atoms with E-state index in [1.165, 1.54) is 6.07 Å². The van der Waals surface area contributed by atoms with Gasteiger partial charge in [-0.25, -0.2) is 0 Å². The standard InChI is InChI=1S/C22H24N2O5/c1-13-7-8-14(2)19(11-13)28-12-15-9-10-18(29-15)20(25)23-24-21(26)16-5-3-4-6-17(16)22(24)27/h7-11,16-17H,3-6,12H2,1-2H3,(H,23,25)/t16-,17-/m1/s1. The fourth-order valence-electron chi connectivity index (χ4n) is 4.02. The first-order chi connectivity index (χ1) is 13.9. The number of hydrogen-bond donors (Lipinski definition) is 1. The van der Waals surface area contributed by atoms with Crippen molar-refractivity contribution in [2.24, 2.45) is 11.8 Å². The van der Waals surface area contributed by atoms with Crippen molar-refractivity contribution in [1.82, 2.24) is 10.4 Å². The van der Waals surface area contributed by atoms with Gasteiger partial charge in [0.25, 0.3) is 11.8 Å². The number of benzene rings is 1. The monoisotopic (exact) mass is 396 g/mol. The van der Waals surface area contributed by atoms with Gasteiger partial charge in [0.2, 0.25) is 0 Å². The van der Waals surface area contributed by atoms with Gasteiger partial charge in [-0.1, -0.05) is 25.0 Å². The second-order valence-corrected chi connectivity index (χ2v) is 7.77. The Kier molecular flexibility index (Phi) is 5.13. The maximum atomic E-state index is 12.5. The highest BCUT2D eigenvalue weighted by Gasteiger charge is 2.49. The Morgan fingerprint density at radius 2 is 1.79 bits per heavy atom. The lowest BCUT2D eigenvalue weighted by molar-refractivity contribution is -0.142. The average molecular weight is 396 g/mol. The molecule has 1 aromatic heterocycles. The number of imide groups is 1. The van der Waals surface area contributed by atoms with E-state index >= 15 is 0 Å².